The molecule has 1 unspecified atom stereocenters. The molecule has 5 nitrogen and oxygen atoms in total. The monoisotopic (exact) mass is 227 g/mol. The third kappa shape index (κ3) is 2.44. The Hall–Kier alpha value is -1.17. The second kappa shape index (κ2) is 3.77. The highest BCUT2D eigenvalue weighted by molar-refractivity contribution is 7.91. The van der Waals surface area contributed by atoms with E-state index in [0.717, 1.165) is 5.69 Å². The highest BCUT2D eigenvalue weighted by atomic mass is 32.2. The molecule has 0 saturated carbocycles. The van der Waals surface area contributed by atoms with Gasteiger partial charge in [-0.1, -0.05) is 0 Å². The molecular weight excluding hydrogens is 214 g/mol. The second-order valence-electron chi connectivity index (χ2n) is 3.73. The maximum absolute atomic E-state index is 11.2. The number of nitrogens with one attached hydrogen (secondary N) is 1. The zero-order valence-corrected chi connectivity index (χ0v) is 9.29. The summed E-state index contributed by atoms with van der Waals surface area (Å²) >= 11 is 0. The Bertz CT molecular complexity index is 458. The molecule has 1 aromatic rings. The zero-order valence-electron chi connectivity index (χ0n) is 8.47. The van der Waals surface area contributed by atoms with Gasteiger partial charge in [-0.05, 0) is 13.3 Å². The molecule has 0 spiro atoms. The first-order valence-corrected chi connectivity index (χ1v) is 6.63. The van der Waals surface area contributed by atoms with Crippen molar-refractivity contribution in [1.82, 2.24) is 9.97 Å². The minimum atomic E-state index is -2.84. The van der Waals surface area contributed by atoms with E-state index >= 15 is 0 Å². The van der Waals surface area contributed by atoms with Crippen molar-refractivity contribution >= 4 is 15.7 Å². The van der Waals surface area contributed by atoms with Gasteiger partial charge in [0, 0.05) is 18.4 Å². The van der Waals surface area contributed by atoms with Crippen LogP contribution in [0.1, 0.15) is 12.1 Å². The van der Waals surface area contributed by atoms with Crippen LogP contribution in [0.25, 0.3) is 0 Å². The van der Waals surface area contributed by atoms with Crippen molar-refractivity contribution in [2.75, 3.05) is 16.8 Å². The summed E-state index contributed by atoms with van der Waals surface area (Å²) in [7, 11) is -2.84. The van der Waals surface area contributed by atoms with Gasteiger partial charge in [0.2, 0.25) is 0 Å². The normalized spacial score (nSPS) is 23.9. The van der Waals surface area contributed by atoms with Gasteiger partial charge in [-0.3, -0.25) is 4.98 Å². The Morgan fingerprint density at radius 1 is 1.40 bits per heavy atom. The Labute approximate surface area is 88.9 Å². The van der Waals surface area contributed by atoms with Crippen LogP contribution >= 0.6 is 0 Å². The van der Waals surface area contributed by atoms with Gasteiger partial charge in [0.05, 0.1) is 17.2 Å². The predicted molar refractivity (Wildman–Crippen MR) is 57.5 cm³/mol. The van der Waals surface area contributed by atoms with E-state index < -0.39 is 9.84 Å². The lowest BCUT2D eigenvalue weighted by atomic mass is 10.2. The van der Waals surface area contributed by atoms with Gasteiger partial charge in [0.15, 0.2) is 9.84 Å². The van der Waals surface area contributed by atoms with Crippen molar-refractivity contribution in [3.63, 3.8) is 0 Å². The topological polar surface area (TPSA) is 72.0 Å². The molecule has 1 N–H and O–H groups in total. The molecule has 6 heteroatoms. The average molecular weight is 227 g/mol. The first-order valence-electron chi connectivity index (χ1n) is 4.81. The third-order valence-electron chi connectivity index (χ3n) is 2.45. The van der Waals surface area contributed by atoms with Crippen molar-refractivity contribution in [3.05, 3.63) is 18.1 Å². The Morgan fingerprint density at radius 3 is 2.73 bits per heavy atom. The molecule has 0 aliphatic carbocycles. The largest absolute Gasteiger partial charge is 0.365 e. The van der Waals surface area contributed by atoms with E-state index in [1.165, 1.54) is 0 Å². The van der Waals surface area contributed by atoms with Crippen LogP contribution in [0.4, 0.5) is 5.82 Å². The lowest BCUT2D eigenvalue weighted by Crippen LogP contribution is -2.21. The molecule has 0 amide bonds. The fourth-order valence-electron chi connectivity index (χ4n) is 1.65. The molecule has 1 aromatic heterocycles. The van der Waals surface area contributed by atoms with Crippen LogP contribution in [0.5, 0.6) is 0 Å². The summed E-state index contributed by atoms with van der Waals surface area (Å²) in [4.78, 5) is 8.20. The van der Waals surface area contributed by atoms with Crippen LogP contribution in [-0.4, -0.2) is 35.9 Å². The zero-order chi connectivity index (χ0) is 10.9. The molecule has 1 saturated heterocycles. The van der Waals surface area contributed by atoms with E-state index in [9.17, 15) is 8.42 Å². The number of rotatable bonds is 2. The number of aryl methyl sites for hydroxylation is 1. The number of hydrogen-bond acceptors (Lipinski definition) is 5. The molecule has 0 aromatic carbocycles. The number of hydrogen-bond donors (Lipinski definition) is 1. The first kappa shape index (κ1) is 10.4. The summed E-state index contributed by atoms with van der Waals surface area (Å²) in [6.07, 6.45) is 3.86. The second-order valence-corrected chi connectivity index (χ2v) is 5.96. The molecule has 1 fully saturated rings. The van der Waals surface area contributed by atoms with E-state index in [0.29, 0.717) is 12.2 Å². The minimum absolute atomic E-state index is 0.0228. The van der Waals surface area contributed by atoms with E-state index in [1.54, 1.807) is 12.4 Å². The van der Waals surface area contributed by atoms with Gasteiger partial charge in [-0.25, -0.2) is 13.4 Å². The van der Waals surface area contributed by atoms with Crippen LogP contribution < -0.4 is 5.32 Å². The summed E-state index contributed by atoms with van der Waals surface area (Å²) in [5.41, 5.74) is 0.793. The molecule has 2 rings (SSSR count). The van der Waals surface area contributed by atoms with Crippen molar-refractivity contribution in [2.24, 2.45) is 0 Å². The van der Waals surface area contributed by atoms with Crippen LogP contribution in [0.15, 0.2) is 12.4 Å². The van der Waals surface area contributed by atoms with Crippen LogP contribution in [0, 0.1) is 6.92 Å². The standard InChI is InChI=1S/C9H13N3O2S/c1-7-9(11-4-3-10-7)12-8-2-5-15(13,14)6-8/h3-4,8H,2,5-6H2,1H3,(H,11,12). The third-order valence-corrected chi connectivity index (χ3v) is 4.22. The summed E-state index contributed by atoms with van der Waals surface area (Å²) in [6, 6.07) is -0.0228. The highest BCUT2D eigenvalue weighted by Gasteiger charge is 2.28. The molecule has 15 heavy (non-hydrogen) atoms. The van der Waals surface area contributed by atoms with Gasteiger partial charge in [0.25, 0.3) is 0 Å². The summed E-state index contributed by atoms with van der Waals surface area (Å²) < 4.78 is 22.5. The smallest absolute Gasteiger partial charge is 0.152 e. The van der Waals surface area contributed by atoms with Crippen molar-refractivity contribution in [1.29, 1.82) is 0 Å². The maximum atomic E-state index is 11.2. The number of sulfone groups is 1. The summed E-state index contributed by atoms with van der Waals surface area (Å²) in [5.74, 6) is 1.15. The number of nitrogens with zero attached hydrogens (tertiary/aromatic N) is 2. The minimum Gasteiger partial charge on any atom is -0.365 e. The molecular formula is C9H13N3O2S. The van der Waals surface area contributed by atoms with Crippen molar-refractivity contribution < 1.29 is 8.42 Å². The van der Waals surface area contributed by atoms with Crippen LogP contribution in [0.3, 0.4) is 0 Å². The van der Waals surface area contributed by atoms with Gasteiger partial charge >= 0.3 is 0 Å². The van der Waals surface area contributed by atoms with E-state index in [4.69, 9.17) is 0 Å². The van der Waals surface area contributed by atoms with Gasteiger partial charge in [0.1, 0.15) is 5.82 Å². The fraction of sp³-hybridized carbons (Fsp3) is 0.556. The molecule has 0 radical (unpaired) electrons. The molecule has 1 atom stereocenters. The van der Waals surface area contributed by atoms with E-state index in [-0.39, 0.29) is 17.5 Å². The average Bonchev–Trinajstić information content (AvgIpc) is 2.50. The Balaban J connectivity index is 2.08. The van der Waals surface area contributed by atoms with Crippen molar-refractivity contribution in [2.45, 2.75) is 19.4 Å². The van der Waals surface area contributed by atoms with Gasteiger partial charge < -0.3 is 5.32 Å². The molecule has 0 bridgehead atoms. The number of anilines is 1. The lowest BCUT2D eigenvalue weighted by molar-refractivity contribution is 0.602. The van der Waals surface area contributed by atoms with Crippen LogP contribution in [0.2, 0.25) is 0 Å². The molecule has 82 valence electrons. The summed E-state index contributed by atoms with van der Waals surface area (Å²) in [6.45, 7) is 1.85. The molecule has 1 aliphatic rings. The molecule has 1 aliphatic heterocycles. The predicted octanol–water partition coefficient (Wildman–Crippen LogP) is 0.384. The number of aromatic nitrogens is 2. The first-order chi connectivity index (χ1) is 7.07. The fourth-order valence-corrected chi connectivity index (χ4v) is 3.32. The molecule has 2 heterocycles. The lowest BCUT2D eigenvalue weighted by Gasteiger charge is -2.12. The van der Waals surface area contributed by atoms with Crippen molar-refractivity contribution in [3.8, 4) is 0 Å². The maximum Gasteiger partial charge on any atom is 0.152 e. The van der Waals surface area contributed by atoms with E-state index in [1.807, 2.05) is 6.92 Å². The Morgan fingerprint density at radius 2 is 2.13 bits per heavy atom. The van der Waals surface area contributed by atoms with E-state index in [2.05, 4.69) is 15.3 Å². The summed E-state index contributed by atoms with van der Waals surface area (Å²) in [5, 5.41) is 3.11. The quantitative estimate of drug-likeness (QED) is 0.791. The van der Waals surface area contributed by atoms with Crippen LogP contribution in [-0.2, 0) is 9.84 Å². The SMILES string of the molecule is Cc1nccnc1NC1CCS(=O)(=O)C1. The van der Waals surface area contributed by atoms with Gasteiger partial charge in [-0.15, -0.1) is 0 Å². The van der Waals surface area contributed by atoms with Gasteiger partial charge in [-0.2, -0.15) is 0 Å². The Kier molecular flexibility index (Phi) is 2.60. The highest BCUT2D eigenvalue weighted by Crippen LogP contribution is 2.17.